The van der Waals surface area contributed by atoms with Crippen LogP contribution < -0.4 is 0 Å². The molecule has 3 heteroatoms. The second-order valence-corrected chi connectivity index (χ2v) is 9.43. The predicted octanol–water partition coefficient (Wildman–Crippen LogP) is 6.92. The maximum Gasteiger partial charge on any atom is 0.410 e. The van der Waals surface area contributed by atoms with Crippen molar-refractivity contribution in [3.05, 3.63) is 71.3 Å². The standard InChI is InChI=1S/C28H33NO2/c1-3-19(4-2)15-20-16-21-13-14-22(17-20)29(21)28(30)31-18-27-25-11-7-5-9-23(25)24-10-6-8-12-26(24)27/h5-12,16,19,21-22,27H,3-4,13-15,17-18H2,1-2H3. The highest BCUT2D eigenvalue weighted by Gasteiger charge is 2.41. The molecule has 2 aliphatic heterocycles. The molecule has 0 radical (unpaired) electrons. The minimum atomic E-state index is -0.132. The summed E-state index contributed by atoms with van der Waals surface area (Å²) < 4.78 is 5.98. The third kappa shape index (κ3) is 3.69. The van der Waals surface area contributed by atoms with Crippen molar-refractivity contribution in [1.29, 1.82) is 0 Å². The van der Waals surface area contributed by atoms with Crippen molar-refractivity contribution in [3.63, 3.8) is 0 Å². The Morgan fingerprint density at radius 1 is 1.00 bits per heavy atom. The Balaban J connectivity index is 1.28. The fourth-order valence-electron chi connectivity index (χ4n) is 5.97. The summed E-state index contributed by atoms with van der Waals surface area (Å²) in [4.78, 5) is 15.2. The summed E-state index contributed by atoms with van der Waals surface area (Å²) in [5.41, 5.74) is 6.64. The first-order chi connectivity index (χ1) is 15.2. The minimum Gasteiger partial charge on any atom is -0.448 e. The molecule has 2 heterocycles. The molecular formula is C28H33NO2. The van der Waals surface area contributed by atoms with Gasteiger partial charge in [-0.1, -0.05) is 86.9 Å². The van der Waals surface area contributed by atoms with Gasteiger partial charge < -0.3 is 4.74 Å². The number of ether oxygens (including phenoxy) is 1. The van der Waals surface area contributed by atoms with Crippen molar-refractivity contribution in [3.8, 4) is 11.1 Å². The molecule has 2 aromatic rings. The molecule has 2 atom stereocenters. The van der Waals surface area contributed by atoms with Crippen LogP contribution >= 0.6 is 0 Å². The normalized spacial score (nSPS) is 21.8. The zero-order valence-electron chi connectivity index (χ0n) is 18.7. The highest BCUT2D eigenvalue weighted by Crippen LogP contribution is 2.45. The van der Waals surface area contributed by atoms with E-state index in [9.17, 15) is 4.79 Å². The van der Waals surface area contributed by atoms with Crippen LogP contribution in [0.1, 0.15) is 69.4 Å². The van der Waals surface area contributed by atoms with Gasteiger partial charge in [-0.15, -0.1) is 0 Å². The molecule has 0 aromatic heterocycles. The molecule has 1 aliphatic carbocycles. The smallest absolute Gasteiger partial charge is 0.410 e. The Bertz CT molecular complexity index is 945. The highest BCUT2D eigenvalue weighted by atomic mass is 16.6. The molecule has 0 saturated carbocycles. The topological polar surface area (TPSA) is 29.5 Å². The summed E-state index contributed by atoms with van der Waals surface area (Å²) in [5, 5.41) is 0. The first-order valence-electron chi connectivity index (χ1n) is 12.0. The van der Waals surface area contributed by atoms with Gasteiger partial charge in [-0.25, -0.2) is 4.79 Å². The zero-order valence-corrected chi connectivity index (χ0v) is 18.7. The number of rotatable bonds is 6. The van der Waals surface area contributed by atoms with Crippen LogP contribution in [0.25, 0.3) is 11.1 Å². The monoisotopic (exact) mass is 415 g/mol. The van der Waals surface area contributed by atoms with Crippen molar-refractivity contribution < 1.29 is 9.53 Å². The number of nitrogens with zero attached hydrogens (tertiary/aromatic N) is 1. The molecule has 31 heavy (non-hydrogen) atoms. The van der Waals surface area contributed by atoms with E-state index in [0.717, 1.165) is 25.2 Å². The summed E-state index contributed by atoms with van der Waals surface area (Å²) in [6.45, 7) is 4.98. The maximum absolute atomic E-state index is 13.2. The summed E-state index contributed by atoms with van der Waals surface area (Å²) in [6, 6.07) is 17.6. The first-order valence-corrected chi connectivity index (χ1v) is 12.0. The van der Waals surface area contributed by atoms with Gasteiger partial charge in [0.15, 0.2) is 0 Å². The Hall–Kier alpha value is -2.55. The lowest BCUT2D eigenvalue weighted by Gasteiger charge is -2.34. The molecule has 1 amide bonds. The Kier molecular flexibility index (Phi) is 5.60. The van der Waals surface area contributed by atoms with Gasteiger partial charge in [-0.05, 0) is 53.9 Å². The molecule has 3 aliphatic rings. The quantitative estimate of drug-likeness (QED) is 0.479. The average molecular weight is 416 g/mol. The SMILES string of the molecule is CCC(CC)CC1=CC2CCC(C1)N2C(=O)OCC1c2ccccc2-c2ccccc21. The second-order valence-electron chi connectivity index (χ2n) is 9.43. The molecule has 0 spiro atoms. The lowest BCUT2D eigenvalue weighted by atomic mass is 9.89. The van der Waals surface area contributed by atoms with Gasteiger partial charge in [0.25, 0.3) is 0 Å². The van der Waals surface area contributed by atoms with Gasteiger partial charge in [-0.3, -0.25) is 4.90 Å². The van der Waals surface area contributed by atoms with Crippen LogP contribution in [0, 0.1) is 5.92 Å². The van der Waals surface area contributed by atoms with Crippen molar-refractivity contribution in [2.75, 3.05) is 6.61 Å². The van der Waals surface area contributed by atoms with Crippen LogP contribution in [-0.4, -0.2) is 29.7 Å². The van der Waals surface area contributed by atoms with E-state index in [4.69, 9.17) is 4.74 Å². The summed E-state index contributed by atoms with van der Waals surface area (Å²) in [5.74, 6) is 0.895. The largest absolute Gasteiger partial charge is 0.448 e. The van der Waals surface area contributed by atoms with Crippen LogP contribution in [0.2, 0.25) is 0 Å². The molecule has 162 valence electrons. The number of amides is 1. The van der Waals surface area contributed by atoms with Crippen molar-refractivity contribution >= 4 is 6.09 Å². The molecule has 1 fully saturated rings. The summed E-state index contributed by atoms with van der Waals surface area (Å²) in [6.07, 6.45) is 9.10. The number of hydrogen-bond donors (Lipinski definition) is 0. The first kappa shape index (κ1) is 20.4. The molecule has 5 rings (SSSR count). The predicted molar refractivity (Wildman–Crippen MR) is 125 cm³/mol. The molecule has 1 saturated heterocycles. The van der Waals surface area contributed by atoms with Crippen LogP contribution in [0.15, 0.2) is 60.2 Å². The van der Waals surface area contributed by atoms with E-state index in [-0.39, 0.29) is 18.1 Å². The van der Waals surface area contributed by atoms with Crippen molar-refractivity contribution in [2.24, 2.45) is 5.92 Å². The van der Waals surface area contributed by atoms with E-state index < -0.39 is 0 Å². The van der Waals surface area contributed by atoms with Gasteiger partial charge in [0.1, 0.15) is 6.61 Å². The van der Waals surface area contributed by atoms with E-state index >= 15 is 0 Å². The number of fused-ring (bicyclic) bond motifs is 5. The Morgan fingerprint density at radius 2 is 1.65 bits per heavy atom. The van der Waals surface area contributed by atoms with Gasteiger partial charge >= 0.3 is 6.09 Å². The molecule has 0 N–H and O–H groups in total. The third-order valence-electron chi connectivity index (χ3n) is 7.72. The Labute approximate surface area is 186 Å². The summed E-state index contributed by atoms with van der Waals surface area (Å²) >= 11 is 0. The zero-order chi connectivity index (χ0) is 21.4. The van der Waals surface area contributed by atoms with E-state index in [1.54, 1.807) is 5.57 Å². The third-order valence-corrected chi connectivity index (χ3v) is 7.72. The lowest BCUT2D eigenvalue weighted by Crippen LogP contribution is -2.43. The Morgan fingerprint density at radius 3 is 2.26 bits per heavy atom. The number of hydrogen-bond acceptors (Lipinski definition) is 2. The van der Waals surface area contributed by atoms with Crippen LogP contribution in [-0.2, 0) is 4.74 Å². The van der Waals surface area contributed by atoms with E-state index in [1.165, 1.54) is 41.5 Å². The van der Waals surface area contributed by atoms with Crippen LogP contribution in [0.5, 0.6) is 0 Å². The van der Waals surface area contributed by atoms with Crippen molar-refractivity contribution in [1.82, 2.24) is 4.90 Å². The molecular weight excluding hydrogens is 382 g/mol. The number of carbonyl (C=O) groups is 1. The number of carbonyl (C=O) groups excluding carboxylic acids is 1. The lowest BCUT2D eigenvalue weighted by molar-refractivity contribution is 0.0846. The van der Waals surface area contributed by atoms with Crippen LogP contribution in [0.3, 0.4) is 0 Å². The fourth-order valence-corrected chi connectivity index (χ4v) is 5.97. The summed E-state index contributed by atoms with van der Waals surface area (Å²) in [7, 11) is 0. The fraction of sp³-hybridized carbons (Fsp3) is 0.464. The van der Waals surface area contributed by atoms with Gasteiger partial charge in [-0.2, -0.15) is 0 Å². The molecule has 3 nitrogen and oxygen atoms in total. The maximum atomic E-state index is 13.2. The molecule has 2 bridgehead atoms. The van der Waals surface area contributed by atoms with Crippen molar-refractivity contribution in [2.45, 2.75) is 70.4 Å². The van der Waals surface area contributed by atoms with E-state index in [1.807, 2.05) is 4.90 Å². The highest BCUT2D eigenvalue weighted by molar-refractivity contribution is 5.79. The number of benzene rings is 2. The van der Waals surface area contributed by atoms with Gasteiger partial charge in [0.2, 0.25) is 0 Å². The van der Waals surface area contributed by atoms with E-state index in [0.29, 0.717) is 12.6 Å². The molecule has 2 unspecified atom stereocenters. The van der Waals surface area contributed by atoms with Gasteiger partial charge in [0, 0.05) is 12.0 Å². The minimum absolute atomic E-state index is 0.125. The average Bonchev–Trinajstić information content (AvgIpc) is 3.27. The van der Waals surface area contributed by atoms with Gasteiger partial charge in [0.05, 0.1) is 6.04 Å². The molecule has 2 aromatic carbocycles. The van der Waals surface area contributed by atoms with Crippen LogP contribution in [0.4, 0.5) is 4.79 Å². The van der Waals surface area contributed by atoms with E-state index in [2.05, 4.69) is 68.5 Å². The second kappa shape index (κ2) is 8.53.